The minimum Gasteiger partial charge on any atom is -0.338 e. The molecule has 0 spiro atoms. The van der Waals surface area contributed by atoms with Crippen molar-refractivity contribution in [3.8, 4) is 0 Å². The third kappa shape index (κ3) is 3.02. The van der Waals surface area contributed by atoms with Crippen LogP contribution in [0.3, 0.4) is 0 Å². The second-order valence-corrected chi connectivity index (χ2v) is 6.86. The third-order valence-corrected chi connectivity index (χ3v) is 4.94. The van der Waals surface area contributed by atoms with Crippen LogP contribution in [0.25, 0.3) is 10.9 Å². The first-order chi connectivity index (χ1) is 12.1. The summed E-state index contributed by atoms with van der Waals surface area (Å²) < 4.78 is 2.09. The smallest absolute Gasteiger partial charge is 0.255 e. The van der Waals surface area contributed by atoms with E-state index < -0.39 is 0 Å². The number of para-hydroxylation sites is 1. The summed E-state index contributed by atoms with van der Waals surface area (Å²) in [5.74, 6) is 1.44. The van der Waals surface area contributed by atoms with Gasteiger partial charge >= 0.3 is 0 Å². The molecule has 5 nitrogen and oxygen atoms in total. The van der Waals surface area contributed by atoms with Crippen molar-refractivity contribution in [2.24, 2.45) is 7.05 Å². The number of carbonyl (C=O) groups excluding carboxylic acids is 1. The third-order valence-electron chi connectivity index (χ3n) is 4.94. The predicted octanol–water partition coefficient (Wildman–Crippen LogP) is 3.30. The Labute approximate surface area is 147 Å². The van der Waals surface area contributed by atoms with Gasteiger partial charge in [0.2, 0.25) is 0 Å². The van der Waals surface area contributed by atoms with E-state index in [1.807, 2.05) is 55.4 Å². The van der Waals surface area contributed by atoms with Crippen molar-refractivity contribution in [1.29, 1.82) is 0 Å². The van der Waals surface area contributed by atoms with E-state index in [2.05, 4.69) is 14.5 Å². The van der Waals surface area contributed by atoms with E-state index >= 15 is 0 Å². The van der Waals surface area contributed by atoms with Gasteiger partial charge in [-0.1, -0.05) is 18.2 Å². The zero-order valence-corrected chi connectivity index (χ0v) is 14.6. The number of rotatable bonds is 2. The lowest BCUT2D eigenvalue weighted by Crippen LogP contribution is -2.39. The quantitative estimate of drug-likeness (QED) is 0.722. The molecule has 0 N–H and O–H groups in total. The van der Waals surface area contributed by atoms with Gasteiger partial charge < -0.3 is 9.47 Å². The highest BCUT2D eigenvalue weighted by Gasteiger charge is 2.28. The molecule has 0 aliphatic carbocycles. The molecule has 3 heterocycles. The summed E-state index contributed by atoms with van der Waals surface area (Å²) in [4.78, 5) is 24.0. The second-order valence-electron chi connectivity index (χ2n) is 6.86. The van der Waals surface area contributed by atoms with Crippen LogP contribution in [-0.4, -0.2) is 38.4 Å². The van der Waals surface area contributed by atoms with Crippen LogP contribution in [0.15, 0.2) is 42.7 Å². The van der Waals surface area contributed by atoms with E-state index in [1.165, 1.54) is 0 Å². The van der Waals surface area contributed by atoms with Crippen LogP contribution in [0.5, 0.6) is 0 Å². The first-order valence-corrected chi connectivity index (χ1v) is 8.76. The van der Waals surface area contributed by atoms with Gasteiger partial charge in [-0.2, -0.15) is 0 Å². The van der Waals surface area contributed by atoms with Gasteiger partial charge in [0.15, 0.2) is 0 Å². The van der Waals surface area contributed by atoms with Crippen LogP contribution in [-0.2, 0) is 7.05 Å². The van der Waals surface area contributed by atoms with E-state index in [0.717, 1.165) is 48.4 Å². The highest BCUT2D eigenvalue weighted by atomic mass is 16.2. The molecule has 0 saturated carbocycles. The molecule has 1 aromatic carbocycles. The highest BCUT2D eigenvalue weighted by Crippen LogP contribution is 2.27. The topological polar surface area (TPSA) is 51.0 Å². The molecule has 1 amide bonds. The second kappa shape index (κ2) is 6.31. The Morgan fingerprint density at radius 1 is 1.28 bits per heavy atom. The van der Waals surface area contributed by atoms with E-state index in [-0.39, 0.29) is 5.91 Å². The summed E-state index contributed by atoms with van der Waals surface area (Å²) in [5.41, 5.74) is 2.61. The molecule has 0 bridgehead atoms. The Morgan fingerprint density at radius 3 is 2.92 bits per heavy atom. The Bertz CT molecular complexity index is 930. The minimum atomic E-state index is 0.0638. The van der Waals surface area contributed by atoms with E-state index in [0.29, 0.717) is 11.5 Å². The maximum Gasteiger partial charge on any atom is 0.255 e. The number of amides is 1. The average molecular weight is 334 g/mol. The van der Waals surface area contributed by atoms with Crippen LogP contribution in [0, 0.1) is 6.92 Å². The summed E-state index contributed by atoms with van der Waals surface area (Å²) in [6.45, 7) is 3.53. The van der Waals surface area contributed by atoms with Crippen LogP contribution in [0.2, 0.25) is 0 Å². The first-order valence-electron chi connectivity index (χ1n) is 8.76. The Kier molecular flexibility index (Phi) is 3.99. The molecule has 25 heavy (non-hydrogen) atoms. The molecular weight excluding hydrogens is 312 g/mol. The lowest BCUT2D eigenvalue weighted by atomic mass is 9.96. The van der Waals surface area contributed by atoms with Crippen molar-refractivity contribution in [3.05, 3.63) is 59.8 Å². The molecule has 5 heteroatoms. The molecule has 3 aromatic rings. The highest BCUT2D eigenvalue weighted by molar-refractivity contribution is 5.97. The monoisotopic (exact) mass is 334 g/mol. The van der Waals surface area contributed by atoms with Gasteiger partial charge in [-0.25, -0.2) is 4.98 Å². The number of hydrogen-bond donors (Lipinski definition) is 0. The van der Waals surface area contributed by atoms with Crippen molar-refractivity contribution >= 4 is 16.8 Å². The van der Waals surface area contributed by atoms with Crippen molar-refractivity contribution in [1.82, 2.24) is 19.4 Å². The molecule has 1 aliphatic rings. The maximum atomic E-state index is 13.0. The number of carbonyl (C=O) groups is 1. The lowest BCUT2D eigenvalue weighted by Gasteiger charge is -2.32. The molecular formula is C20H22N4O. The standard InChI is InChI=1S/C20H22N4O/c1-14-12-23(2)19(22-14)16-7-5-9-24(13-16)20(25)17-10-15-6-3-4-8-18(15)21-11-17/h3-4,6,8,10-12,16H,5,7,9,13H2,1-2H3/t16-/m0/s1. The van der Waals surface area contributed by atoms with Crippen LogP contribution in [0.4, 0.5) is 0 Å². The van der Waals surface area contributed by atoms with Gasteiger partial charge in [0.25, 0.3) is 5.91 Å². The number of aryl methyl sites for hydroxylation is 2. The fraction of sp³-hybridized carbons (Fsp3) is 0.350. The molecule has 1 fully saturated rings. The minimum absolute atomic E-state index is 0.0638. The van der Waals surface area contributed by atoms with Crippen molar-refractivity contribution < 1.29 is 4.79 Å². The summed E-state index contributed by atoms with van der Waals surface area (Å²) in [7, 11) is 2.03. The van der Waals surface area contributed by atoms with Gasteiger partial charge in [0, 0.05) is 43.8 Å². The Hall–Kier alpha value is -2.69. The summed E-state index contributed by atoms with van der Waals surface area (Å²) in [5, 5.41) is 1.00. The van der Waals surface area contributed by atoms with Gasteiger partial charge in [-0.3, -0.25) is 9.78 Å². The van der Waals surface area contributed by atoms with E-state index in [4.69, 9.17) is 0 Å². The van der Waals surface area contributed by atoms with Gasteiger partial charge in [-0.05, 0) is 31.9 Å². The van der Waals surface area contributed by atoms with E-state index in [1.54, 1.807) is 6.20 Å². The molecule has 0 unspecified atom stereocenters. The van der Waals surface area contributed by atoms with Crippen molar-refractivity contribution in [2.75, 3.05) is 13.1 Å². The largest absolute Gasteiger partial charge is 0.338 e. The number of piperidine rings is 1. The normalized spacial score (nSPS) is 17.8. The van der Waals surface area contributed by atoms with Crippen molar-refractivity contribution in [3.63, 3.8) is 0 Å². The fourth-order valence-corrected chi connectivity index (χ4v) is 3.76. The maximum absolute atomic E-state index is 13.0. The van der Waals surface area contributed by atoms with Gasteiger partial charge in [-0.15, -0.1) is 0 Å². The predicted molar refractivity (Wildman–Crippen MR) is 97.6 cm³/mol. The molecule has 4 rings (SSSR count). The van der Waals surface area contributed by atoms with E-state index in [9.17, 15) is 4.79 Å². The molecule has 1 atom stereocenters. The van der Waals surface area contributed by atoms with Gasteiger partial charge in [0.1, 0.15) is 5.82 Å². The molecule has 128 valence electrons. The fourth-order valence-electron chi connectivity index (χ4n) is 3.76. The molecule has 1 aliphatic heterocycles. The molecule has 0 radical (unpaired) electrons. The van der Waals surface area contributed by atoms with Crippen LogP contribution < -0.4 is 0 Å². The number of imidazole rings is 1. The number of pyridine rings is 1. The molecule has 1 saturated heterocycles. The van der Waals surface area contributed by atoms with Crippen molar-refractivity contribution in [2.45, 2.75) is 25.7 Å². The summed E-state index contributed by atoms with van der Waals surface area (Å²) >= 11 is 0. The number of benzene rings is 1. The first kappa shape index (κ1) is 15.8. The zero-order chi connectivity index (χ0) is 17.4. The zero-order valence-electron chi connectivity index (χ0n) is 14.6. The Morgan fingerprint density at radius 2 is 2.12 bits per heavy atom. The van der Waals surface area contributed by atoms with Gasteiger partial charge in [0.05, 0.1) is 16.8 Å². The average Bonchev–Trinajstić information content (AvgIpc) is 2.99. The molecule has 2 aromatic heterocycles. The number of nitrogens with zero attached hydrogens (tertiary/aromatic N) is 4. The van der Waals surface area contributed by atoms with Crippen LogP contribution in [0.1, 0.15) is 40.6 Å². The summed E-state index contributed by atoms with van der Waals surface area (Å²) in [6.07, 6.45) is 5.82. The van der Waals surface area contributed by atoms with Crippen LogP contribution >= 0.6 is 0 Å². The Balaban J connectivity index is 1.57. The lowest BCUT2D eigenvalue weighted by molar-refractivity contribution is 0.0703. The number of hydrogen-bond acceptors (Lipinski definition) is 3. The summed E-state index contributed by atoms with van der Waals surface area (Å²) in [6, 6.07) is 9.83. The number of fused-ring (bicyclic) bond motifs is 1. The number of aromatic nitrogens is 3. The number of likely N-dealkylation sites (tertiary alicyclic amines) is 1. The SMILES string of the molecule is Cc1cn(C)c([C@H]2CCCN(C(=O)c3cnc4ccccc4c3)C2)n1.